The maximum absolute atomic E-state index is 10.3. The molecule has 1 aliphatic heterocycles. The van der Waals surface area contributed by atoms with Gasteiger partial charge in [-0.3, -0.25) is 0 Å². The van der Waals surface area contributed by atoms with Gasteiger partial charge in [0.05, 0.1) is 5.60 Å². The van der Waals surface area contributed by atoms with E-state index in [9.17, 15) is 5.11 Å². The summed E-state index contributed by atoms with van der Waals surface area (Å²) in [7, 11) is 0. The minimum Gasteiger partial charge on any atom is -0.387 e. The van der Waals surface area contributed by atoms with E-state index in [4.69, 9.17) is 9.78 Å². The Bertz CT molecular complexity index is 462. The Labute approximate surface area is 124 Å². The Kier molecular flexibility index (Phi) is 3.84. The van der Waals surface area contributed by atoms with Crippen LogP contribution in [-0.2, 0) is 9.78 Å². The average Bonchev–Trinajstić information content (AvgIpc) is 2.45. The molecule has 2 bridgehead atoms. The Morgan fingerprint density at radius 3 is 2.80 bits per heavy atom. The zero-order chi connectivity index (χ0) is 14.2. The Balaban J connectivity index is 1.65. The lowest BCUT2D eigenvalue weighted by atomic mass is 9.71. The topological polar surface area (TPSA) is 38.7 Å². The summed E-state index contributed by atoms with van der Waals surface area (Å²) in [5.74, 6) is 1.33. The molecule has 2 aliphatic rings. The highest BCUT2D eigenvalue weighted by molar-refractivity contribution is 7.99. The van der Waals surface area contributed by atoms with Gasteiger partial charge in [-0.1, -0.05) is 18.2 Å². The van der Waals surface area contributed by atoms with E-state index in [-0.39, 0.29) is 11.7 Å². The number of aliphatic hydroxyl groups is 1. The van der Waals surface area contributed by atoms with Gasteiger partial charge in [0, 0.05) is 10.6 Å². The van der Waals surface area contributed by atoms with E-state index in [1.54, 1.807) is 11.8 Å². The molecular formula is C16H22O3S. The molecule has 3 unspecified atom stereocenters. The van der Waals surface area contributed by atoms with Crippen LogP contribution in [0.5, 0.6) is 0 Å². The molecule has 3 nitrogen and oxygen atoms in total. The van der Waals surface area contributed by atoms with Crippen molar-refractivity contribution >= 4 is 11.8 Å². The van der Waals surface area contributed by atoms with Crippen LogP contribution in [0.2, 0.25) is 0 Å². The molecule has 20 heavy (non-hydrogen) atoms. The molecule has 0 amide bonds. The lowest BCUT2D eigenvalue weighted by molar-refractivity contribution is -0.441. The summed E-state index contributed by atoms with van der Waals surface area (Å²) in [6.07, 6.45) is 2.49. The molecule has 1 saturated heterocycles. The quantitative estimate of drug-likeness (QED) is 0.685. The minimum absolute atomic E-state index is 0.184. The van der Waals surface area contributed by atoms with Gasteiger partial charge in [0.15, 0.2) is 0 Å². The number of benzene rings is 1. The van der Waals surface area contributed by atoms with Gasteiger partial charge >= 0.3 is 0 Å². The first kappa shape index (κ1) is 14.4. The molecule has 2 fully saturated rings. The number of fused-ring (bicyclic) bond motifs is 2. The molecule has 1 aromatic rings. The first-order chi connectivity index (χ1) is 9.50. The molecule has 0 spiro atoms. The third-order valence-corrected chi connectivity index (χ3v) is 6.00. The highest BCUT2D eigenvalue weighted by Crippen LogP contribution is 2.46. The standard InChI is InChI=1S/C16H22O3S/c1-15(17)9-8-12-10-14(15)18-19-16(12,2)11-20-13-6-4-3-5-7-13/h3-7,12,14,17H,8-11H2,1-2H3/t12?,14?,15?,16-/m1/s1. The fourth-order valence-corrected chi connectivity index (χ4v) is 4.16. The van der Waals surface area contributed by atoms with Crippen LogP contribution >= 0.6 is 11.8 Å². The van der Waals surface area contributed by atoms with Gasteiger partial charge in [-0.2, -0.15) is 0 Å². The summed E-state index contributed by atoms with van der Waals surface area (Å²) in [6.45, 7) is 3.97. The predicted molar refractivity (Wildman–Crippen MR) is 79.5 cm³/mol. The highest BCUT2D eigenvalue weighted by Gasteiger charge is 2.51. The van der Waals surface area contributed by atoms with E-state index in [0.717, 1.165) is 25.0 Å². The molecular weight excluding hydrogens is 272 g/mol. The maximum Gasteiger partial charge on any atom is 0.122 e. The van der Waals surface area contributed by atoms with Crippen molar-refractivity contribution in [1.82, 2.24) is 0 Å². The molecule has 0 aromatic heterocycles. The fourth-order valence-electron chi connectivity index (χ4n) is 3.08. The van der Waals surface area contributed by atoms with E-state index in [2.05, 4.69) is 31.2 Å². The third kappa shape index (κ3) is 2.75. The molecule has 1 aliphatic carbocycles. The monoisotopic (exact) mass is 294 g/mol. The second-order valence-corrected chi connectivity index (χ2v) is 7.46. The van der Waals surface area contributed by atoms with Crippen LogP contribution in [0.15, 0.2) is 35.2 Å². The molecule has 110 valence electrons. The molecule has 1 aromatic carbocycles. The second-order valence-electron chi connectivity index (χ2n) is 6.41. The van der Waals surface area contributed by atoms with Crippen molar-refractivity contribution in [1.29, 1.82) is 0 Å². The number of hydrogen-bond donors (Lipinski definition) is 1. The zero-order valence-electron chi connectivity index (χ0n) is 12.0. The van der Waals surface area contributed by atoms with Gasteiger partial charge in [0.25, 0.3) is 0 Å². The smallest absolute Gasteiger partial charge is 0.122 e. The van der Waals surface area contributed by atoms with Crippen LogP contribution < -0.4 is 0 Å². The van der Waals surface area contributed by atoms with Crippen LogP contribution in [0.25, 0.3) is 0 Å². The van der Waals surface area contributed by atoms with Gasteiger partial charge in [0.2, 0.25) is 0 Å². The van der Waals surface area contributed by atoms with E-state index < -0.39 is 5.60 Å². The largest absolute Gasteiger partial charge is 0.387 e. The molecule has 4 atom stereocenters. The molecule has 1 N–H and O–H groups in total. The van der Waals surface area contributed by atoms with Crippen LogP contribution in [0.1, 0.15) is 33.1 Å². The van der Waals surface area contributed by atoms with Crippen LogP contribution in [0.3, 0.4) is 0 Å². The predicted octanol–water partition coefficient (Wildman–Crippen LogP) is 3.42. The molecule has 3 rings (SSSR count). The average molecular weight is 294 g/mol. The molecule has 1 saturated carbocycles. The molecule has 0 radical (unpaired) electrons. The maximum atomic E-state index is 10.3. The molecule has 1 heterocycles. The summed E-state index contributed by atoms with van der Waals surface area (Å²) in [5.41, 5.74) is -1.02. The number of thioether (sulfide) groups is 1. The van der Waals surface area contributed by atoms with Crippen molar-refractivity contribution in [2.24, 2.45) is 5.92 Å². The summed E-state index contributed by atoms with van der Waals surface area (Å²) >= 11 is 1.80. The number of rotatable bonds is 3. The van der Waals surface area contributed by atoms with Gasteiger partial charge in [-0.15, -0.1) is 11.8 Å². The Morgan fingerprint density at radius 2 is 2.05 bits per heavy atom. The van der Waals surface area contributed by atoms with Crippen LogP contribution in [-0.4, -0.2) is 28.2 Å². The van der Waals surface area contributed by atoms with E-state index in [1.807, 2.05) is 13.0 Å². The first-order valence-corrected chi connectivity index (χ1v) is 8.23. The van der Waals surface area contributed by atoms with Crippen molar-refractivity contribution in [2.45, 2.75) is 55.3 Å². The second kappa shape index (κ2) is 5.34. The third-order valence-electron chi connectivity index (χ3n) is 4.68. The summed E-state index contributed by atoms with van der Waals surface area (Å²) < 4.78 is 0. The van der Waals surface area contributed by atoms with Crippen molar-refractivity contribution in [3.05, 3.63) is 30.3 Å². The number of hydrogen-bond acceptors (Lipinski definition) is 4. The SMILES string of the molecule is CC1(O)CCC2CC1OO[C@]2(C)CSc1ccccc1. The van der Waals surface area contributed by atoms with Crippen LogP contribution in [0, 0.1) is 5.92 Å². The van der Waals surface area contributed by atoms with E-state index in [1.165, 1.54) is 4.90 Å². The normalized spacial score (nSPS) is 40.5. The van der Waals surface area contributed by atoms with E-state index >= 15 is 0 Å². The van der Waals surface area contributed by atoms with Crippen molar-refractivity contribution < 1.29 is 14.9 Å². The molecule has 4 heteroatoms. The van der Waals surface area contributed by atoms with Gasteiger partial charge < -0.3 is 5.11 Å². The van der Waals surface area contributed by atoms with Gasteiger partial charge in [-0.05, 0) is 51.2 Å². The highest BCUT2D eigenvalue weighted by atomic mass is 32.2. The minimum atomic E-state index is -0.746. The fraction of sp³-hybridized carbons (Fsp3) is 0.625. The summed E-state index contributed by atoms with van der Waals surface area (Å²) in [6, 6.07) is 10.4. The van der Waals surface area contributed by atoms with Crippen LogP contribution in [0.4, 0.5) is 0 Å². The van der Waals surface area contributed by atoms with E-state index in [0.29, 0.717) is 5.92 Å². The lowest BCUT2D eigenvalue weighted by Gasteiger charge is -2.50. The Morgan fingerprint density at radius 1 is 1.30 bits per heavy atom. The zero-order valence-corrected chi connectivity index (χ0v) is 12.9. The summed E-state index contributed by atoms with van der Waals surface area (Å²) in [4.78, 5) is 12.5. The van der Waals surface area contributed by atoms with Crippen molar-refractivity contribution in [3.63, 3.8) is 0 Å². The van der Waals surface area contributed by atoms with Crippen molar-refractivity contribution in [2.75, 3.05) is 5.75 Å². The first-order valence-electron chi connectivity index (χ1n) is 7.24. The van der Waals surface area contributed by atoms with Crippen molar-refractivity contribution in [3.8, 4) is 0 Å². The van der Waals surface area contributed by atoms with Gasteiger partial charge in [-0.25, -0.2) is 9.78 Å². The lowest BCUT2D eigenvalue weighted by Crippen LogP contribution is -2.57. The Hall–Kier alpha value is -0.550. The summed E-state index contributed by atoms with van der Waals surface area (Å²) in [5, 5.41) is 10.3. The van der Waals surface area contributed by atoms with Gasteiger partial charge in [0.1, 0.15) is 11.7 Å².